The number of amides is 1. The molecule has 1 amide bonds. The molecule has 2 N–H and O–H groups in total. The Morgan fingerprint density at radius 1 is 1.16 bits per heavy atom. The molecule has 0 spiro atoms. The maximum Gasteiger partial charge on any atom is 0.234 e. The number of hydrogen-bond donors (Lipinski definition) is 2. The van der Waals surface area contributed by atoms with Crippen LogP contribution in [-0.2, 0) is 4.79 Å². The summed E-state index contributed by atoms with van der Waals surface area (Å²) in [5, 5.41) is 6.67. The standard InChI is InChI=1S/C19H23ClN2O3/c1-14(15-6-5-7-16(20)12-15)22-13-19(23)21-10-11-25-18-9-4-3-8-17(18)24-2/h3-9,12,14,22H,10-11,13H2,1-2H3,(H,21,23)/t14-/m0/s1. The molecule has 2 aromatic rings. The zero-order valence-corrected chi connectivity index (χ0v) is 15.2. The number of carbonyl (C=O) groups excluding carboxylic acids is 1. The lowest BCUT2D eigenvalue weighted by molar-refractivity contribution is -0.120. The van der Waals surface area contributed by atoms with Crippen LogP contribution in [0.4, 0.5) is 0 Å². The minimum absolute atomic E-state index is 0.0364. The van der Waals surface area contributed by atoms with Crippen molar-refractivity contribution >= 4 is 17.5 Å². The quantitative estimate of drug-likeness (QED) is 0.672. The van der Waals surface area contributed by atoms with E-state index in [1.807, 2.05) is 55.5 Å². The van der Waals surface area contributed by atoms with E-state index in [0.29, 0.717) is 29.7 Å². The topological polar surface area (TPSA) is 59.6 Å². The molecule has 5 nitrogen and oxygen atoms in total. The zero-order chi connectivity index (χ0) is 18.1. The Morgan fingerprint density at radius 2 is 1.92 bits per heavy atom. The lowest BCUT2D eigenvalue weighted by Gasteiger charge is -2.15. The van der Waals surface area contributed by atoms with Gasteiger partial charge in [-0.3, -0.25) is 4.79 Å². The SMILES string of the molecule is COc1ccccc1OCCNC(=O)CN[C@@H](C)c1cccc(Cl)c1. The summed E-state index contributed by atoms with van der Waals surface area (Å²) in [6, 6.07) is 15.0. The number of nitrogens with one attached hydrogen (secondary N) is 2. The van der Waals surface area contributed by atoms with E-state index in [2.05, 4.69) is 10.6 Å². The van der Waals surface area contributed by atoms with Crippen LogP contribution >= 0.6 is 11.6 Å². The van der Waals surface area contributed by atoms with Crippen LogP contribution < -0.4 is 20.1 Å². The van der Waals surface area contributed by atoms with Crippen LogP contribution in [0.25, 0.3) is 0 Å². The summed E-state index contributed by atoms with van der Waals surface area (Å²) in [5.41, 5.74) is 1.04. The van der Waals surface area contributed by atoms with E-state index in [0.717, 1.165) is 5.56 Å². The monoisotopic (exact) mass is 362 g/mol. The van der Waals surface area contributed by atoms with Gasteiger partial charge >= 0.3 is 0 Å². The van der Waals surface area contributed by atoms with Crippen LogP contribution in [0.3, 0.4) is 0 Å². The lowest BCUT2D eigenvalue weighted by Crippen LogP contribution is -2.37. The van der Waals surface area contributed by atoms with Gasteiger partial charge < -0.3 is 20.1 Å². The summed E-state index contributed by atoms with van der Waals surface area (Å²) in [7, 11) is 1.59. The zero-order valence-electron chi connectivity index (χ0n) is 14.4. The third kappa shape index (κ3) is 6.29. The fourth-order valence-corrected chi connectivity index (χ4v) is 2.49. The minimum atomic E-state index is -0.0856. The molecule has 0 fully saturated rings. The molecule has 0 saturated heterocycles. The first-order valence-corrected chi connectivity index (χ1v) is 8.49. The van der Waals surface area contributed by atoms with E-state index >= 15 is 0 Å². The van der Waals surface area contributed by atoms with Crippen LogP contribution in [0, 0.1) is 0 Å². The fraction of sp³-hybridized carbons (Fsp3) is 0.316. The number of methoxy groups -OCH3 is 1. The molecule has 2 rings (SSSR count). The van der Waals surface area contributed by atoms with Crippen molar-refractivity contribution in [2.75, 3.05) is 26.8 Å². The molecule has 0 aliphatic carbocycles. The molecule has 0 aliphatic rings. The number of ether oxygens (including phenoxy) is 2. The van der Waals surface area contributed by atoms with Crippen molar-refractivity contribution in [3.8, 4) is 11.5 Å². The molecule has 0 saturated carbocycles. The second-order valence-corrected chi connectivity index (χ2v) is 5.94. The number of rotatable bonds is 9. The van der Waals surface area contributed by atoms with E-state index in [4.69, 9.17) is 21.1 Å². The molecular formula is C19H23ClN2O3. The van der Waals surface area contributed by atoms with Crippen molar-refractivity contribution in [1.29, 1.82) is 0 Å². The van der Waals surface area contributed by atoms with Crippen LogP contribution in [-0.4, -0.2) is 32.7 Å². The molecule has 1 atom stereocenters. The molecule has 0 aliphatic heterocycles. The van der Waals surface area contributed by atoms with Gasteiger partial charge in [0.05, 0.1) is 20.2 Å². The van der Waals surface area contributed by atoms with Crippen LogP contribution in [0.1, 0.15) is 18.5 Å². The first-order chi connectivity index (χ1) is 12.1. The third-order valence-corrected chi connectivity index (χ3v) is 3.90. The molecule has 0 bridgehead atoms. The summed E-state index contributed by atoms with van der Waals surface area (Å²) in [4.78, 5) is 11.9. The van der Waals surface area contributed by atoms with Crippen molar-refractivity contribution in [2.24, 2.45) is 0 Å². The summed E-state index contributed by atoms with van der Waals surface area (Å²) in [6.07, 6.45) is 0. The Labute approximate surface area is 153 Å². The predicted molar refractivity (Wildman–Crippen MR) is 99.4 cm³/mol. The number of para-hydroxylation sites is 2. The first-order valence-electron chi connectivity index (χ1n) is 8.11. The summed E-state index contributed by atoms with van der Waals surface area (Å²) < 4.78 is 10.8. The van der Waals surface area contributed by atoms with Gasteiger partial charge in [-0.25, -0.2) is 0 Å². The molecule has 0 radical (unpaired) electrons. The van der Waals surface area contributed by atoms with Crippen LogP contribution in [0.2, 0.25) is 5.02 Å². The van der Waals surface area contributed by atoms with E-state index in [1.165, 1.54) is 0 Å². The van der Waals surface area contributed by atoms with Gasteiger partial charge in [0.25, 0.3) is 0 Å². The molecule has 2 aromatic carbocycles. The van der Waals surface area contributed by atoms with Gasteiger partial charge in [-0.1, -0.05) is 35.9 Å². The smallest absolute Gasteiger partial charge is 0.234 e. The molecule has 134 valence electrons. The molecular weight excluding hydrogens is 340 g/mol. The van der Waals surface area contributed by atoms with Gasteiger partial charge in [-0.05, 0) is 36.8 Å². The van der Waals surface area contributed by atoms with E-state index in [-0.39, 0.29) is 18.5 Å². The van der Waals surface area contributed by atoms with E-state index in [9.17, 15) is 4.79 Å². The second kappa shape index (κ2) is 9.91. The Kier molecular flexibility index (Phi) is 7.57. The van der Waals surface area contributed by atoms with Gasteiger partial charge in [0.2, 0.25) is 5.91 Å². The van der Waals surface area contributed by atoms with Crippen molar-refractivity contribution in [3.63, 3.8) is 0 Å². The Morgan fingerprint density at radius 3 is 2.64 bits per heavy atom. The van der Waals surface area contributed by atoms with Crippen LogP contribution in [0.5, 0.6) is 11.5 Å². The van der Waals surface area contributed by atoms with E-state index in [1.54, 1.807) is 7.11 Å². The fourth-order valence-electron chi connectivity index (χ4n) is 2.29. The number of carbonyl (C=O) groups is 1. The summed E-state index contributed by atoms with van der Waals surface area (Å²) in [6.45, 7) is 3.01. The van der Waals surface area contributed by atoms with Crippen molar-refractivity contribution in [3.05, 3.63) is 59.1 Å². The third-order valence-electron chi connectivity index (χ3n) is 3.67. The minimum Gasteiger partial charge on any atom is -0.493 e. The highest BCUT2D eigenvalue weighted by Crippen LogP contribution is 2.25. The van der Waals surface area contributed by atoms with Crippen molar-refractivity contribution < 1.29 is 14.3 Å². The summed E-state index contributed by atoms with van der Waals surface area (Å²) >= 11 is 5.98. The highest BCUT2D eigenvalue weighted by Gasteiger charge is 2.08. The van der Waals surface area contributed by atoms with Gasteiger partial charge in [-0.15, -0.1) is 0 Å². The van der Waals surface area contributed by atoms with Crippen molar-refractivity contribution in [2.45, 2.75) is 13.0 Å². The number of halogens is 1. The predicted octanol–water partition coefficient (Wildman–Crippen LogP) is 3.19. The van der Waals surface area contributed by atoms with E-state index < -0.39 is 0 Å². The normalized spacial score (nSPS) is 11.6. The molecule has 0 heterocycles. The lowest BCUT2D eigenvalue weighted by atomic mass is 10.1. The first kappa shape index (κ1) is 19.1. The van der Waals surface area contributed by atoms with Gasteiger partial charge in [0.15, 0.2) is 11.5 Å². The largest absolute Gasteiger partial charge is 0.493 e. The Balaban J connectivity index is 1.67. The summed E-state index contributed by atoms with van der Waals surface area (Å²) in [5.74, 6) is 1.25. The molecule has 0 aromatic heterocycles. The van der Waals surface area contributed by atoms with Gasteiger partial charge in [0.1, 0.15) is 6.61 Å². The average Bonchev–Trinajstić information content (AvgIpc) is 2.63. The second-order valence-electron chi connectivity index (χ2n) is 5.51. The Hall–Kier alpha value is -2.24. The molecule has 0 unspecified atom stereocenters. The highest BCUT2D eigenvalue weighted by molar-refractivity contribution is 6.30. The number of hydrogen-bond acceptors (Lipinski definition) is 4. The van der Waals surface area contributed by atoms with Crippen molar-refractivity contribution in [1.82, 2.24) is 10.6 Å². The van der Waals surface area contributed by atoms with Gasteiger partial charge in [-0.2, -0.15) is 0 Å². The molecule has 6 heteroatoms. The molecule has 25 heavy (non-hydrogen) atoms. The maximum atomic E-state index is 11.9. The maximum absolute atomic E-state index is 11.9. The van der Waals surface area contributed by atoms with Crippen LogP contribution in [0.15, 0.2) is 48.5 Å². The number of benzene rings is 2. The Bertz CT molecular complexity index is 694. The average molecular weight is 363 g/mol. The highest BCUT2D eigenvalue weighted by atomic mass is 35.5. The van der Waals surface area contributed by atoms with Gasteiger partial charge in [0, 0.05) is 11.1 Å².